The summed E-state index contributed by atoms with van der Waals surface area (Å²) in [5, 5.41) is 18.2. The van der Waals surface area contributed by atoms with E-state index in [1.54, 1.807) is 49.9 Å². The van der Waals surface area contributed by atoms with E-state index in [1.807, 2.05) is 45.0 Å². The molecule has 0 aliphatic carbocycles. The van der Waals surface area contributed by atoms with Gasteiger partial charge in [0.15, 0.2) is 5.78 Å². The average molecular weight is 660 g/mol. The Morgan fingerprint density at radius 1 is 0.818 bits per heavy atom. The molecule has 3 unspecified atom stereocenters. The number of Topliss-reactive ketones (excluding diaryl/α,β-unsaturated/α-hetero) is 1. The van der Waals surface area contributed by atoms with Crippen LogP contribution < -0.4 is 29.6 Å². The van der Waals surface area contributed by atoms with E-state index in [9.17, 15) is 19.5 Å². The van der Waals surface area contributed by atoms with Crippen molar-refractivity contribution in [3.63, 3.8) is 0 Å². The number of likely N-dealkylation sites (tertiary alicyclic amines) is 2. The maximum atomic E-state index is 12.0. The number of aliphatic hydroxyl groups is 2. The Bertz CT molecular complexity index is 1210. The molecule has 2 aromatic carbocycles. The Kier molecular flexibility index (Phi) is 17.6. The number of carbonyl (C=O) groups excluding carboxylic acids is 3. The summed E-state index contributed by atoms with van der Waals surface area (Å²) in [6.45, 7) is 11.4. The van der Waals surface area contributed by atoms with Crippen LogP contribution >= 0.6 is 23.2 Å². The van der Waals surface area contributed by atoms with Crippen LogP contribution in [-0.2, 0) is 27.1 Å². The number of nitrogens with zero attached hydrogens (tertiary/aromatic N) is 2. The molecule has 2 aromatic rings. The number of amides is 2. The topological polar surface area (TPSA) is 117 Å². The largest absolute Gasteiger partial charge is 1.00 e. The minimum Gasteiger partial charge on any atom is -1.00 e. The van der Waals surface area contributed by atoms with Crippen molar-refractivity contribution < 1.29 is 65.1 Å². The van der Waals surface area contributed by atoms with Gasteiger partial charge in [0.1, 0.15) is 17.2 Å². The van der Waals surface area contributed by atoms with Crippen molar-refractivity contribution in [2.45, 2.75) is 83.8 Å². The van der Waals surface area contributed by atoms with E-state index in [0.29, 0.717) is 29.4 Å². The van der Waals surface area contributed by atoms with Crippen LogP contribution in [0.15, 0.2) is 48.5 Å². The molecule has 13 heteroatoms. The molecular weight excluding hydrogens is 617 g/mol. The predicted molar refractivity (Wildman–Crippen MR) is 170 cm³/mol. The fraction of sp³-hybridized carbons (Fsp3) is 0.516. The summed E-state index contributed by atoms with van der Waals surface area (Å²) in [5.41, 5.74) is 0.927. The average Bonchev–Trinajstić information content (AvgIpc) is 2.89. The van der Waals surface area contributed by atoms with Crippen LogP contribution in [0.3, 0.4) is 0 Å². The first kappa shape index (κ1) is 42.2. The molecule has 0 spiro atoms. The number of benzene rings is 2. The summed E-state index contributed by atoms with van der Waals surface area (Å²) >= 11 is 11.7. The van der Waals surface area contributed by atoms with Crippen molar-refractivity contribution in [2.24, 2.45) is 0 Å². The summed E-state index contributed by atoms with van der Waals surface area (Å²) in [6.07, 6.45) is -0.219. The maximum Gasteiger partial charge on any atom is 1.00 e. The van der Waals surface area contributed by atoms with Gasteiger partial charge in [-0.15, -0.1) is 0 Å². The van der Waals surface area contributed by atoms with Crippen molar-refractivity contribution in [1.29, 1.82) is 0 Å². The van der Waals surface area contributed by atoms with Crippen LogP contribution in [0.4, 0.5) is 9.59 Å². The van der Waals surface area contributed by atoms with E-state index in [2.05, 4.69) is 0 Å². The summed E-state index contributed by atoms with van der Waals surface area (Å²) in [6, 6.07) is 14.0. The standard InChI is InChI=1S/C15H20ClNO3.C15H18ClNO3.CH4O.B.Na.H/c2*1-15(2,3)20-14(19)17-9-13(18)12(17)8-10-4-6-11(16)7-5-10;1-2;;;/h4-7,12-13,18H,8-9H2,1-3H3;4-7,12H,8-9H2,1-3H3;2H,1H3;;;/q;;;;+1;-1. The monoisotopic (exact) mass is 659 g/mol. The van der Waals surface area contributed by atoms with Gasteiger partial charge < -0.3 is 21.1 Å². The Balaban J connectivity index is 0. The van der Waals surface area contributed by atoms with Gasteiger partial charge in [0.2, 0.25) is 0 Å². The fourth-order valence-electron chi connectivity index (χ4n) is 4.19. The molecule has 0 bridgehead atoms. The Morgan fingerprint density at radius 2 is 1.20 bits per heavy atom. The molecule has 2 N–H and O–H groups in total. The molecule has 2 aliphatic rings. The van der Waals surface area contributed by atoms with Crippen LogP contribution in [0.5, 0.6) is 0 Å². The molecule has 2 fully saturated rings. The molecule has 3 radical (unpaired) electrons. The summed E-state index contributed by atoms with van der Waals surface area (Å²) in [7, 11) is 1.00. The molecule has 2 saturated heterocycles. The minimum atomic E-state index is -0.555. The third kappa shape index (κ3) is 13.3. The number of ketones is 1. The van der Waals surface area contributed by atoms with E-state index in [0.717, 1.165) is 18.2 Å². The normalized spacial score (nSPS) is 18.8. The van der Waals surface area contributed by atoms with Crippen LogP contribution in [-0.4, -0.2) is 96.0 Å². The quantitative estimate of drug-likeness (QED) is 0.484. The molecule has 2 aliphatic heterocycles. The van der Waals surface area contributed by atoms with Crippen LogP contribution in [0, 0.1) is 0 Å². The van der Waals surface area contributed by atoms with Gasteiger partial charge in [-0.05, 0) is 83.4 Å². The molecule has 2 heterocycles. The van der Waals surface area contributed by atoms with Crippen molar-refractivity contribution in [3.8, 4) is 0 Å². The van der Waals surface area contributed by atoms with Crippen molar-refractivity contribution in [3.05, 3.63) is 69.7 Å². The van der Waals surface area contributed by atoms with E-state index in [4.69, 9.17) is 37.8 Å². The van der Waals surface area contributed by atoms with Gasteiger partial charge in [-0.25, -0.2) is 9.59 Å². The zero-order valence-corrected chi connectivity index (χ0v) is 30.4. The number of carbonyl (C=O) groups is 3. The molecular formula is C31H43BCl2N2NaO7. The fourth-order valence-corrected chi connectivity index (χ4v) is 4.44. The second-order valence-corrected chi connectivity index (χ2v) is 12.9. The second-order valence-electron chi connectivity index (χ2n) is 12.0. The molecule has 4 rings (SSSR count). The Morgan fingerprint density at radius 3 is 1.57 bits per heavy atom. The zero-order valence-electron chi connectivity index (χ0n) is 27.8. The van der Waals surface area contributed by atoms with E-state index >= 15 is 0 Å². The maximum absolute atomic E-state index is 12.0. The molecule has 2 amide bonds. The molecule has 0 saturated carbocycles. The van der Waals surface area contributed by atoms with E-state index < -0.39 is 29.4 Å². The van der Waals surface area contributed by atoms with Gasteiger partial charge in [0.05, 0.1) is 25.2 Å². The van der Waals surface area contributed by atoms with Gasteiger partial charge in [0, 0.05) is 32.0 Å². The van der Waals surface area contributed by atoms with Crippen LogP contribution in [0.1, 0.15) is 54.1 Å². The van der Waals surface area contributed by atoms with Gasteiger partial charge in [-0.2, -0.15) is 0 Å². The molecule has 0 aromatic heterocycles. The Labute approximate surface area is 296 Å². The summed E-state index contributed by atoms with van der Waals surface area (Å²) in [5.74, 6) is 0.0609. The predicted octanol–water partition coefficient (Wildman–Crippen LogP) is 2.28. The molecule has 44 heavy (non-hydrogen) atoms. The SMILES string of the molecule is CC(C)(C)OC(=O)N1CC(=O)C1Cc1ccc(Cl)cc1.CC(C)(C)OC(=O)N1CC(O)C1Cc1ccc(Cl)cc1.CO.[B].[H-].[Na+]. The minimum absolute atomic E-state index is 0. The van der Waals surface area contributed by atoms with Crippen molar-refractivity contribution in [1.82, 2.24) is 9.80 Å². The summed E-state index contributed by atoms with van der Waals surface area (Å²) in [4.78, 5) is 38.7. The molecule has 3 atom stereocenters. The van der Waals surface area contributed by atoms with Crippen molar-refractivity contribution >= 4 is 49.6 Å². The third-order valence-electron chi connectivity index (χ3n) is 6.26. The first-order valence-electron chi connectivity index (χ1n) is 13.7. The number of hydrogen-bond acceptors (Lipinski definition) is 7. The van der Waals surface area contributed by atoms with E-state index in [-0.39, 0.29) is 63.9 Å². The Hall–Kier alpha value is -1.79. The smallest absolute Gasteiger partial charge is 1.00 e. The summed E-state index contributed by atoms with van der Waals surface area (Å²) < 4.78 is 10.6. The van der Waals surface area contributed by atoms with Gasteiger partial charge in [-0.1, -0.05) is 47.5 Å². The first-order valence-corrected chi connectivity index (χ1v) is 14.4. The number of rotatable bonds is 4. The van der Waals surface area contributed by atoms with Gasteiger partial charge in [-0.3, -0.25) is 14.6 Å². The number of ether oxygens (including phenoxy) is 2. The first-order chi connectivity index (χ1) is 19.5. The number of aliphatic hydroxyl groups excluding tert-OH is 2. The molecule has 237 valence electrons. The van der Waals surface area contributed by atoms with E-state index in [1.165, 1.54) is 4.90 Å². The third-order valence-corrected chi connectivity index (χ3v) is 6.76. The number of β-amino-alcohol motifs (C(OH)–C–C–N with tert-alkyl or cyclic N) is 1. The number of hydrogen-bond donors (Lipinski definition) is 2. The van der Waals surface area contributed by atoms with Gasteiger partial charge >= 0.3 is 41.7 Å². The van der Waals surface area contributed by atoms with Gasteiger partial charge in [0.25, 0.3) is 0 Å². The zero-order chi connectivity index (χ0) is 31.8. The number of halogens is 2. The van der Waals surface area contributed by atoms with Crippen molar-refractivity contribution in [2.75, 3.05) is 20.2 Å². The van der Waals surface area contributed by atoms with Crippen LogP contribution in [0.25, 0.3) is 0 Å². The second kappa shape index (κ2) is 18.4. The van der Waals surface area contributed by atoms with Crippen LogP contribution in [0.2, 0.25) is 10.0 Å². The molecule has 9 nitrogen and oxygen atoms in total.